The van der Waals surface area contributed by atoms with Gasteiger partial charge in [-0.05, 0) is 50.9 Å². The van der Waals surface area contributed by atoms with E-state index >= 15 is 0 Å². The van der Waals surface area contributed by atoms with Crippen LogP contribution in [0, 0.1) is 11.6 Å². The smallest absolute Gasteiger partial charge is 0.127 e. The zero-order valence-electron chi connectivity index (χ0n) is 11.2. The lowest BCUT2D eigenvalue weighted by molar-refractivity contribution is 0.110. The highest BCUT2D eigenvalue weighted by atomic mass is 19.1. The average molecular weight is 266 g/mol. The fraction of sp³-hybridized carbons (Fsp3) is 0.600. The normalized spacial score (nSPS) is 30.8. The molecule has 2 fully saturated rings. The van der Waals surface area contributed by atoms with Gasteiger partial charge in [-0.15, -0.1) is 0 Å². The van der Waals surface area contributed by atoms with Crippen LogP contribution in [0.25, 0.3) is 0 Å². The van der Waals surface area contributed by atoms with Crippen LogP contribution in [0.4, 0.5) is 8.78 Å². The quantitative estimate of drug-likeness (QED) is 0.905. The second-order valence-corrected chi connectivity index (χ2v) is 5.75. The summed E-state index contributed by atoms with van der Waals surface area (Å²) in [5, 5.41) is 3.35. The Hall–Kier alpha value is -1.00. The van der Waals surface area contributed by atoms with Gasteiger partial charge in [-0.3, -0.25) is 4.90 Å². The summed E-state index contributed by atoms with van der Waals surface area (Å²) in [5.41, 5.74) is 0.486. The highest BCUT2D eigenvalue weighted by Gasteiger charge is 2.40. The summed E-state index contributed by atoms with van der Waals surface area (Å²) in [6.45, 7) is 0.537. The summed E-state index contributed by atoms with van der Waals surface area (Å²) >= 11 is 0. The van der Waals surface area contributed by atoms with E-state index in [-0.39, 0.29) is 11.6 Å². The molecule has 0 aliphatic carbocycles. The first-order valence-electron chi connectivity index (χ1n) is 7.04. The van der Waals surface area contributed by atoms with E-state index in [0.29, 0.717) is 30.2 Å². The SMILES string of the molecule is CNC1CC2CCC(C1)N2Cc1cc(F)ccc1F. The Labute approximate surface area is 112 Å². The van der Waals surface area contributed by atoms with Gasteiger partial charge in [0.05, 0.1) is 0 Å². The summed E-state index contributed by atoms with van der Waals surface area (Å²) in [7, 11) is 2.01. The number of fused-ring (bicyclic) bond motifs is 2. The van der Waals surface area contributed by atoms with Gasteiger partial charge in [0.2, 0.25) is 0 Å². The Morgan fingerprint density at radius 1 is 1.21 bits per heavy atom. The predicted molar refractivity (Wildman–Crippen MR) is 70.8 cm³/mol. The van der Waals surface area contributed by atoms with Crippen molar-refractivity contribution >= 4 is 0 Å². The molecule has 1 aromatic carbocycles. The summed E-state index contributed by atoms with van der Waals surface area (Å²) in [6.07, 6.45) is 4.59. The molecule has 2 heterocycles. The number of nitrogens with one attached hydrogen (secondary N) is 1. The average Bonchev–Trinajstić information content (AvgIpc) is 2.63. The molecule has 2 aliphatic rings. The van der Waals surface area contributed by atoms with Crippen LogP contribution in [0.1, 0.15) is 31.2 Å². The third-order valence-electron chi connectivity index (χ3n) is 4.65. The number of hydrogen-bond donors (Lipinski definition) is 1. The van der Waals surface area contributed by atoms with Crippen molar-refractivity contribution in [3.05, 3.63) is 35.4 Å². The van der Waals surface area contributed by atoms with Gasteiger partial charge in [-0.2, -0.15) is 0 Å². The minimum Gasteiger partial charge on any atom is -0.317 e. The number of hydrogen-bond acceptors (Lipinski definition) is 2. The number of benzene rings is 1. The summed E-state index contributed by atoms with van der Waals surface area (Å²) in [6, 6.07) is 5.34. The molecule has 2 atom stereocenters. The van der Waals surface area contributed by atoms with Gasteiger partial charge < -0.3 is 5.32 Å². The second kappa shape index (κ2) is 5.17. The lowest BCUT2D eigenvalue weighted by atomic mass is 9.96. The molecule has 2 saturated heterocycles. The van der Waals surface area contributed by atoms with Crippen molar-refractivity contribution in [3.8, 4) is 0 Å². The highest BCUT2D eigenvalue weighted by molar-refractivity contribution is 5.19. The maximum Gasteiger partial charge on any atom is 0.127 e. The van der Waals surface area contributed by atoms with Crippen molar-refractivity contribution in [3.63, 3.8) is 0 Å². The molecule has 4 heteroatoms. The maximum atomic E-state index is 13.7. The van der Waals surface area contributed by atoms with Gasteiger partial charge in [0.25, 0.3) is 0 Å². The number of halogens is 2. The van der Waals surface area contributed by atoms with E-state index in [1.54, 1.807) is 0 Å². The highest BCUT2D eigenvalue weighted by Crippen LogP contribution is 2.37. The van der Waals surface area contributed by atoms with Gasteiger partial charge in [-0.25, -0.2) is 8.78 Å². The number of rotatable bonds is 3. The topological polar surface area (TPSA) is 15.3 Å². The first-order chi connectivity index (χ1) is 9.17. The van der Waals surface area contributed by atoms with Gasteiger partial charge in [0.15, 0.2) is 0 Å². The maximum absolute atomic E-state index is 13.7. The van der Waals surface area contributed by atoms with E-state index < -0.39 is 0 Å². The molecule has 2 unspecified atom stereocenters. The van der Waals surface area contributed by atoms with Crippen LogP contribution < -0.4 is 5.32 Å². The van der Waals surface area contributed by atoms with Crippen molar-refractivity contribution in [1.29, 1.82) is 0 Å². The number of piperidine rings is 1. The van der Waals surface area contributed by atoms with E-state index in [1.165, 1.54) is 31.0 Å². The molecule has 104 valence electrons. The zero-order chi connectivity index (χ0) is 13.4. The molecule has 2 bridgehead atoms. The first-order valence-corrected chi connectivity index (χ1v) is 7.04. The molecule has 0 radical (unpaired) electrons. The molecule has 2 nitrogen and oxygen atoms in total. The van der Waals surface area contributed by atoms with Crippen LogP contribution in [0.3, 0.4) is 0 Å². The molecule has 0 spiro atoms. The Morgan fingerprint density at radius 2 is 1.89 bits per heavy atom. The van der Waals surface area contributed by atoms with Crippen molar-refractivity contribution in [1.82, 2.24) is 10.2 Å². The molecule has 0 saturated carbocycles. The fourth-order valence-electron chi connectivity index (χ4n) is 3.63. The third-order valence-corrected chi connectivity index (χ3v) is 4.65. The van der Waals surface area contributed by atoms with Crippen LogP contribution in [0.5, 0.6) is 0 Å². The largest absolute Gasteiger partial charge is 0.317 e. The molecular formula is C15H20F2N2. The van der Waals surface area contributed by atoms with Crippen LogP contribution in [-0.2, 0) is 6.54 Å². The predicted octanol–water partition coefficient (Wildman–Crippen LogP) is 2.68. The Balaban J connectivity index is 1.76. The van der Waals surface area contributed by atoms with E-state index in [4.69, 9.17) is 0 Å². The molecular weight excluding hydrogens is 246 g/mol. The summed E-state index contributed by atoms with van der Waals surface area (Å²) in [5.74, 6) is -0.648. The minimum atomic E-state index is -0.353. The van der Waals surface area contributed by atoms with Crippen LogP contribution in [0.15, 0.2) is 18.2 Å². The van der Waals surface area contributed by atoms with Crippen LogP contribution >= 0.6 is 0 Å². The molecule has 3 rings (SSSR count). The summed E-state index contributed by atoms with van der Waals surface area (Å²) < 4.78 is 27.0. The molecule has 19 heavy (non-hydrogen) atoms. The van der Waals surface area contributed by atoms with E-state index in [2.05, 4.69) is 10.2 Å². The van der Waals surface area contributed by atoms with Gasteiger partial charge in [-0.1, -0.05) is 0 Å². The van der Waals surface area contributed by atoms with E-state index in [1.807, 2.05) is 7.05 Å². The van der Waals surface area contributed by atoms with Crippen LogP contribution in [-0.4, -0.2) is 30.1 Å². The summed E-state index contributed by atoms with van der Waals surface area (Å²) in [4.78, 5) is 2.37. The fourth-order valence-corrected chi connectivity index (χ4v) is 3.63. The first kappa shape index (κ1) is 13.0. The van der Waals surface area contributed by atoms with E-state index in [0.717, 1.165) is 12.8 Å². The Bertz CT molecular complexity index is 449. The van der Waals surface area contributed by atoms with E-state index in [9.17, 15) is 8.78 Å². The standard InChI is InChI=1S/C15H20F2N2/c1-18-12-7-13-3-4-14(8-12)19(13)9-10-6-11(16)2-5-15(10)17/h2,5-6,12-14,18H,3-4,7-9H2,1H3. The Kier molecular flexibility index (Phi) is 3.54. The molecule has 2 aliphatic heterocycles. The van der Waals surface area contributed by atoms with Gasteiger partial charge in [0.1, 0.15) is 11.6 Å². The van der Waals surface area contributed by atoms with Crippen LogP contribution in [0.2, 0.25) is 0 Å². The minimum absolute atomic E-state index is 0.295. The third kappa shape index (κ3) is 2.51. The molecule has 1 N–H and O–H groups in total. The second-order valence-electron chi connectivity index (χ2n) is 5.75. The monoisotopic (exact) mass is 266 g/mol. The lowest BCUT2D eigenvalue weighted by Gasteiger charge is -2.39. The van der Waals surface area contributed by atoms with Crippen molar-refractivity contribution in [2.24, 2.45) is 0 Å². The van der Waals surface area contributed by atoms with Gasteiger partial charge in [0, 0.05) is 30.2 Å². The lowest BCUT2D eigenvalue weighted by Crippen LogP contribution is -2.47. The zero-order valence-corrected chi connectivity index (χ0v) is 11.2. The van der Waals surface area contributed by atoms with Gasteiger partial charge >= 0.3 is 0 Å². The van der Waals surface area contributed by atoms with Crippen molar-refractivity contribution in [2.75, 3.05) is 7.05 Å². The van der Waals surface area contributed by atoms with Crippen molar-refractivity contribution in [2.45, 2.75) is 50.4 Å². The molecule has 0 amide bonds. The molecule has 0 aromatic heterocycles. The molecule has 1 aromatic rings. The Morgan fingerprint density at radius 3 is 2.53 bits per heavy atom. The van der Waals surface area contributed by atoms with Crippen molar-refractivity contribution < 1.29 is 8.78 Å². The number of nitrogens with zero attached hydrogens (tertiary/aromatic N) is 1.